The Bertz CT molecular complexity index is 220. The Balaban J connectivity index is 2.58. The van der Waals surface area contributed by atoms with Gasteiger partial charge >= 0.3 is 6.18 Å². The first-order chi connectivity index (χ1) is 7.99. The second-order valence-corrected chi connectivity index (χ2v) is 4.82. The highest BCUT2D eigenvalue weighted by Gasteiger charge is 2.45. The molecule has 1 fully saturated rings. The Morgan fingerprint density at radius 3 is 2.47 bits per heavy atom. The fraction of sp³-hybridized carbons (Fsp3) is 1.00. The summed E-state index contributed by atoms with van der Waals surface area (Å²) in [6.45, 7) is 1.95. The van der Waals surface area contributed by atoms with Crippen LogP contribution < -0.4 is 5.32 Å². The molecule has 1 rings (SSSR count). The summed E-state index contributed by atoms with van der Waals surface area (Å²) in [5, 5.41) is 11.9. The van der Waals surface area contributed by atoms with Gasteiger partial charge in [-0.25, -0.2) is 0 Å². The van der Waals surface area contributed by atoms with Gasteiger partial charge in [0.15, 0.2) is 0 Å². The average Bonchev–Trinajstić information content (AvgIpc) is 2.27. The molecule has 1 aliphatic rings. The number of alkyl halides is 3. The van der Waals surface area contributed by atoms with Crippen LogP contribution in [0.1, 0.15) is 45.4 Å². The summed E-state index contributed by atoms with van der Waals surface area (Å²) < 4.78 is 38.5. The van der Waals surface area contributed by atoms with Gasteiger partial charge in [-0.2, -0.15) is 13.2 Å². The van der Waals surface area contributed by atoms with Crippen LogP contribution in [0.5, 0.6) is 0 Å². The maximum Gasteiger partial charge on any atom is 0.393 e. The predicted molar refractivity (Wildman–Crippen MR) is 60.7 cm³/mol. The molecule has 0 spiro atoms. The third-order valence-corrected chi connectivity index (χ3v) is 3.61. The lowest BCUT2D eigenvalue weighted by atomic mass is 9.83. The van der Waals surface area contributed by atoms with E-state index in [-0.39, 0.29) is 19.1 Å². The lowest BCUT2D eigenvalue weighted by Crippen LogP contribution is -2.49. The highest BCUT2D eigenvalue weighted by atomic mass is 19.4. The minimum atomic E-state index is -4.10. The first-order valence-electron chi connectivity index (χ1n) is 6.42. The molecule has 102 valence electrons. The molecular formula is C12H22F3NO. The third-order valence-electron chi connectivity index (χ3n) is 3.61. The van der Waals surface area contributed by atoms with Crippen LogP contribution in [0.4, 0.5) is 13.2 Å². The van der Waals surface area contributed by atoms with Crippen molar-refractivity contribution < 1.29 is 18.3 Å². The number of rotatable bonds is 5. The molecule has 0 saturated heterocycles. The van der Waals surface area contributed by atoms with Gasteiger partial charge in [0.05, 0.1) is 5.92 Å². The van der Waals surface area contributed by atoms with Gasteiger partial charge in [0.2, 0.25) is 0 Å². The number of hydrogen-bond acceptors (Lipinski definition) is 2. The maximum atomic E-state index is 12.8. The first kappa shape index (κ1) is 14.8. The van der Waals surface area contributed by atoms with Crippen LogP contribution in [0.25, 0.3) is 0 Å². The van der Waals surface area contributed by atoms with Crippen molar-refractivity contribution in [1.82, 2.24) is 5.32 Å². The Hall–Kier alpha value is -0.290. The second kappa shape index (κ2) is 6.59. The summed E-state index contributed by atoms with van der Waals surface area (Å²) in [4.78, 5) is 0. The number of aliphatic hydroxyl groups excluding tert-OH is 1. The fourth-order valence-electron chi connectivity index (χ4n) is 2.59. The van der Waals surface area contributed by atoms with Gasteiger partial charge in [-0.3, -0.25) is 0 Å². The van der Waals surface area contributed by atoms with Crippen LogP contribution in [0.2, 0.25) is 0 Å². The summed E-state index contributed by atoms with van der Waals surface area (Å²) in [5.74, 6) is -1.22. The lowest BCUT2D eigenvalue weighted by molar-refractivity contribution is -0.189. The molecule has 2 N–H and O–H groups in total. The van der Waals surface area contributed by atoms with Gasteiger partial charge < -0.3 is 10.4 Å². The topological polar surface area (TPSA) is 32.3 Å². The number of halogens is 3. The van der Waals surface area contributed by atoms with E-state index in [0.29, 0.717) is 19.3 Å². The smallest absolute Gasteiger partial charge is 0.393 e. The van der Waals surface area contributed by atoms with E-state index in [1.54, 1.807) is 0 Å². The quantitative estimate of drug-likeness (QED) is 0.789. The zero-order chi connectivity index (χ0) is 12.9. The predicted octanol–water partition coefficient (Wildman–Crippen LogP) is 2.86. The molecule has 0 aromatic carbocycles. The van der Waals surface area contributed by atoms with Crippen molar-refractivity contribution in [2.45, 2.75) is 63.7 Å². The Morgan fingerprint density at radius 2 is 1.94 bits per heavy atom. The molecule has 0 amide bonds. The molecule has 0 bridgehead atoms. The first-order valence-corrected chi connectivity index (χ1v) is 6.42. The summed E-state index contributed by atoms with van der Waals surface area (Å²) in [6, 6.07) is -0.479. The van der Waals surface area contributed by atoms with Crippen molar-refractivity contribution in [3.8, 4) is 0 Å². The zero-order valence-electron chi connectivity index (χ0n) is 10.3. The van der Waals surface area contributed by atoms with Gasteiger partial charge in [0.1, 0.15) is 0 Å². The van der Waals surface area contributed by atoms with Gasteiger partial charge in [-0.15, -0.1) is 0 Å². The highest BCUT2D eigenvalue weighted by molar-refractivity contribution is 4.87. The molecule has 17 heavy (non-hydrogen) atoms. The van der Waals surface area contributed by atoms with Crippen molar-refractivity contribution in [2.75, 3.05) is 6.61 Å². The van der Waals surface area contributed by atoms with Crippen LogP contribution in [-0.2, 0) is 0 Å². The van der Waals surface area contributed by atoms with Gasteiger partial charge in [-0.05, 0) is 25.7 Å². The molecular weight excluding hydrogens is 231 g/mol. The molecule has 0 radical (unpaired) electrons. The summed E-state index contributed by atoms with van der Waals surface area (Å²) in [6.07, 6.45) is -0.476. The Kier molecular flexibility index (Phi) is 5.73. The zero-order valence-corrected chi connectivity index (χ0v) is 10.3. The van der Waals surface area contributed by atoms with Gasteiger partial charge in [-0.1, -0.05) is 19.8 Å². The third kappa shape index (κ3) is 4.47. The summed E-state index contributed by atoms with van der Waals surface area (Å²) in [7, 11) is 0. The lowest BCUT2D eigenvalue weighted by Gasteiger charge is -2.36. The second-order valence-electron chi connectivity index (χ2n) is 4.82. The molecule has 5 heteroatoms. The highest BCUT2D eigenvalue weighted by Crippen LogP contribution is 2.38. The van der Waals surface area contributed by atoms with E-state index in [1.165, 1.54) is 0 Å². The Morgan fingerprint density at radius 1 is 1.29 bits per heavy atom. The molecule has 0 aliphatic heterocycles. The minimum Gasteiger partial charge on any atom is -0.396 e. The van der Waals surface area contributed by atoms with Crippen LogP contribution in [0.3, 0.4) is 0 Å². The standard InChI is InChI=1S/C12H22F3NO/c1-2-9(7-8-17)16-11-6-4-3-5-10(11)12(13,14)15/h9-11,16-17H,2-8H2,1H3. The summed E-state index contributed by atoms with van der Waals surface area (Å²) >= 11 is 0. The maximum absolute atomic E-state index is 12.8. The molecule has 1 saturated carbocycles. The van der Waals surface area contributed by atoms with Gasteiger partial charge in [0.25, 0.3) is 0 Å². The van der Waals surface area contributed by atoms with Crippen molar-refractivity contribution >= 4 is 0 Å². The van der Waals surface area contributed by atoms with Crippen LogP contribution in [0.15, 0.2) is 0 Å². The van der Waals surface area contributed by atoms with Crippen molar-refractivity contribution in [1.29, 1.82) is 0 Å². The minimum absolute atomic E-state index is 0.00653. The SMILES string of the molecule is CCC(CCO)NC1CCCCC1C(F)(F)F. The van der Waals surface area contributed by atoms with E-state index in [2.05, 4.69) is 5.32 Å². The van der Waals surface area contributed by atoms with E-state index >= 15 is 0 Å². The van der Waals surface area contributed by atoms with E-state index < -0.39 is 18.1 Å². The van der Waals surface area contributed by atoms with E-state index in [1.807, 2.05) is 6.92 Å². The number of aliphatic hydroxyl groups is 1. The largest absolute Gasteiger partial charge is 0.396 e. The molecule has 0 heterocycles. The molecule has 3 unspecified atom stereocenters. The van der Waals surface area contributed by atoms with Crippen LogP contribution >= 0.6 is 0 Å². The molecule has 2 nitrogen and oxygen atoms in total. The number of hydrogen-bond donors (Lipinski definition) is 2. The fourth-order valence-corrected chi connectivity index (χ4v) is 2.59. The van der Waals surface area contributed by atoms with Crippen LogP contribution in [0, 0.1) is 5.92 Å². The van der Waals surface area contributed by atoms with E-state index in [0.717, 1.165) is 12.8 Å². The van der Waals surface area contributed by atoms with Gasteiger partial charge in [0, 0.05) is 18.7 Å². The monoisotopic (exact) mass is 253 g/mol. The van der Waals surface area contributed by atoms with Crippen molar-refractivity contribution in [2.24, 2.45) is 5.92 Å². The van der Waals surface area contributed by atoms with E-state index in [4.69, 9.17) is 5.11 Å². The molecule has 0 aromatic rings. The average molecular weight is 253 g/mol. The molecule has 1 aliphatic carbocycles. The Labute approximate surface area is 101 Å². The van der Waals surface area contributed by atoms with Crippen molar-refractivity contribution in [3.63, 3.8) is 0 Å². The number of nitrogens with one attached hydrogen (secondary N) is 1. The normalized spacial score (nSPS) is 28.1. The van der Waals surface area contributed by atoms with E-state index in [9.17, 15) is 13.2 Å². The summed E-state index contributed by atoms with van der Waals surface area (Å²) in [5.41, 5.74) is 0. The van der Waals surface area contributed by atoms with Crippen LogP contribution in [-0.4, -0.2) is 30.0 Å². The molecule has 3 atom stereocenters. The molecule has 0 aromatic heterocycles. The van der Waals surface area contributed by atoms with Crippen molar-refractivity contribution in [3.05, 3.63) is 0 Å².